The molecule has 0 unspecified atom stereocenters. The van der Waals surface area contributed by atoms with Gasteiger partial charge in [-0.2, -0.15) is 0 Å². The van der Waals surface area contributed by atoms with E-state index in [4.69, 9.17) is 4.42 Å². The van der Waals surface area contributed by atoms with Crippen molar-refractivity contribution in [1.29, 1.82) is 0 Å². The number of rotatable bonds is 3. The van der Waals surface area contributed by atoms with Crippen molar-refractivity contribution in [2.75, 3.05) is 0 Å². The van der Waals surface area contributed by atoms with E-state index in [0.29, 0.717) is 22.3 Å². The first-order chi connectivity index (χ1) is 22.9. The van der Waals surface area contributed by atoms with Crippen LogP contribution < -0.4 is 0 Å². The molecule has 0 fully saturated rings. The van der Waals surface area contributed by atoms with E-state index in [0.717, 1.165) is 44.8 Å². The molecule has 0 saturated carbocycles. The first kappa shape index (κ1) is 28.8. The predicted octanol–water partition coefficient (Wildman–Crippen LogP) is 14.5. The van der Waals surface area contributed by atoms with E-state index in [1.165, 1.54) is 40.6 Å². The van der Waals surface area contributed by atoms with Crippen LogP contribution in [0.5, 0.6) is 0 Å². The highest BCUT2D eigenvalue weighted by molar-refractivity contribution is 8.46. The van der Waals surface area contributed by atoms with Crippen LogP contribution in [0.3, 0.4) is 0 Å². The van der Waals surface area contributed by atoms with Crippen molar-refractivity contribution in [3.63, 3.8) is 0 Å². The summed E-state index contributed by atoms with van der Waals surface area (Å²) in [6, 6.07) is 39.3. The molecule has 0 spiro atoms. The number of fused-ring (bicyclic) bond motifs is 7. The number of para-hydroxylation sites is 1. The molecule has 1 aromatic heterocycles. The lowest BCUT2D eigenvalue weighted by molar-refractivity contribution is 0.367. The van der Waals surface area contributed by atoms with Gasteiger partial charge in [-0.05, 0) is 68.1 Å². The minimum absolute atomic E-state index is 0.0747. The van der Waals surface area contributed by atoms with Gasteiger partial charge in [0.15, 0.2) is 0 Å². The summed E-state index contributed by atoms with van der Waals surface area (Å²) in [5.74, 6) is 0. The minimum atomic E-state index is -10.1. The van der Waals surface area contributed by atoms with Crippen molar-refractivity contribution in [2.24, 2.45) is 0 Å². The monoisotopic (exact) mass is 660 g/mol. The SMILES string of the molecule is Cc1c2ccccc2c(-c2ccc3oc4c(-c5c6ccccc6c(S(F)(F)(F)(F)F)c6ccccc56)cccc4c3c2)c2ccccc12. The van der Waals surface area contributed by atoms with E-state index in [9.17, 15) is 19.4 Å². The Hall–Kier alpha value is -5.40. The molecular formula is C41H25F5OS. The van der Waals surface area contributed by atoms with Gasteiger partial charge in [0, 0.05) is 32.7 Å². The summed E-state index contributed by atoms with van der Waals surface area (Å²) in [6.45, 7) is 2.14. The second-order valence-corrected chi connectivity index (χ2v) is 14.7. The van der Waals surface area contributed by atoms with Crippen LogP contribution in [0.25, 0.3) is 87.3 Å². The van der Waals surface area contributed by atoms with Crippen LogP contribution >= 0.6 is 10.2 Å². The molecule has 8 aromatic carbocycles. The summed E-state index contributed by atoms with van der Waals surface area (Å²) in [4.78, 5) is -1.86. The van der Waals surface area contributed by atoms with Gasteiger partial charge in [-0.3, -0.25) is 0 Å². The Morgan fingerprint density at radius 1 is 0.438 bits per heavy atom. The van der Waals surface area contributed by atoms with Crippen LogP contribution in [0.4, 0.5) is 19.4 Å². The highest BCUT2D eigenvalue weighted by atomic mass is 32.5. The number of benzene rings is 8. The van der Waals surface area contributed by atoms with Gasteiger partial charge in [-0.25, -0.2) is 0 Å². The maximum Gasteiger partial charge on any atom is 0.311 e. The fourth-order valence-corrected chi connectivity index (χ4v) is 8.79. The molecule has 0 radical (unpaired) electrons. The Kier molecular flexibility index (Phi) is 5.48. The van der Waals surface area contributed by atoms with Crippen LogP contribution in [0.2, 0.25) is 0 Å². The van der Waals surface area contributed by atoms with E-state index in [2.05, 4.69) is 37.3 Å². The Morgan fingerprint density at radius 3 is 1.42 bits per heavy atom. The van der Waals surface area contributed by atoms with E-state index < -0.39 is 25.9 Å². The fourth-order valence-electron chi connectivity index (χ4n) is 7.60. The van der Waals surface area contributed by atoms with Gasteiger partial charge in [-0.15, -0.1) is 0 Å². The second-order valence-electron chi connectivity index (χ2n) is 12.4. The van der Waals surface area contributed by atoms with Crippen molar-refractivity contribution in [1.82, 2.24) is 0 Å². The normalized spacial score (nSPS) is 14.0. The molecule has 1 heterocycles. The van der Waals surface area contributed by atoms with Crippen LogP contribution in [0, 0.1) is 6.92 Å². The summed E-state index contributed by atoms with van der Waals surface area (Å²) >= 11 is 0. The predicted molar refractivity (Wildman–Crippen MR) is 191 cm³/mol. The first-order valence-corrected chi connectivity index (χ1v) is 17.4. The number of hydrogen-bond acceptors (Lipinski definition) is 1. The maximum atomic E-state index is 14.7. The van der Waals surface area contributed by atoms with Crippen molar-refractivity contribution < 1.29 is 23.8 Å². The van der Waals surface area contributed by atoms with Crippen LogP contribution in [0.1, 0.15) is 5.56 Å². The Bertz CT molecular complexity index is 2720. The van der Waals surface area contributed by atoms with Crippen LogP contribution in [0.15, 0.2) is 143 Å². The quantitative estimate of drug-likeness (QED) is 0.136. The number of furan rings is 1. The Labute approximate surface area is 271 Å². The first-order valence-electron chi connectivity index (χ1n) is 15.4. The molecule has 9 aromatic rings. The molecule has 0 atom stereocenters. The van der Waals surface area contributed by atoms with Gasteiger partial charge >= 0.3 is 10.2 Å². The molecule has 9 rings (SSSR count). The summed E-state index contributed by atoms with van der Waals surface area (Å²) in [7, 11) is -10.1. The molecule has 0 aliphatic carbocycles. The van der Waals surface area contributed by atoms with E-state index in [1.807, 2.05) is 48.5 Å². The molecule has 0 N–H and O–H groups in total. The highest BCUT2D eigenvalue weighted by Crippen LogP contribution is 3.03. The second kappa shape index (κ2) is 9.14. The molecule has 0 aliphatic rings. The van der Waals surface area contributed by atoms with Gasteiger partial charge in [0.25, 0.3) is 0 Å². The topological polar surface area (TPSA) is 13.1 Å². The van der Waals surface area contributed by atoms with Gasteiger partial charge in [0.2, 0.25) is 0 Å². The number of hydrogen-bond donors (Lipinski definition) is 0. The van der Waals surface area contributed by atoms with Gasteiger partial charge in [0.1, 0.15) is 16.1 Å². The van der Waals surface area contributed by atoms with Crippen molar-refractivity contribution in [3.8, 4) is 22.3 Å². The highest BCUT2D eigenvalue weighted by Gasteiger charge is 2.67. The summed E-state index contributed by atoms with van der Waals surface area (Å²) in [6.07, 6.45) is 0. The maximum absolute atomic E-state index is 14.7. The largest absolute Gasteiger partial charge is 0.455 e. The molecule has 236 valence electrons. The lowest BCUT2D eigenvalue weighted by atomic mass is 9.88. The molecular weight excluding hydrogens is 636 g/mol. The average Bonchev–Trinajstić information content (AvgIpc) is 3.45. The summed E-state index contributed by atoms with van der Waals surface area (Å²) in [5.41, 5.74) is 5.32. The molecule has 1 nitrogen and oxygen atoms in total. The Morgan fingerprint density at radius 2 is 0.896 bits per heavy atom. The molecule has 0 amide bonds. The lowest BCUT2D eigenvalue weighted by Crippen LogP contribution is -2.08. The van der Waals surface area contributed by atoms with Crippen molar-refractivity contribution >= 4 is 75.3 Å². The zero-order chi connectivity index (χ0) is 33.1. The van der Waals surface area contributed by atoms with E-state index in [1.54, 1.807) is 18.2 Å². The van der Waals surface area contributed by atoms with Gasteiger partial charge in [-0.1, -0.05) is 141 Å². The van der Waals surface area contributed by atoms with Crippen LogP contribution in [-0.2, 0) is 0 Å². The number of halogens is 5. The minimum Gasteiger partial charge on any atom is -0.455 e. The molecule has 48 heavy (non-hydrogen) atoms. The molecule has 0 aliphatic heterocycles. The van der Waals surface area contributed by atoms with Crippen LogP contribution in [-0.4, -0.2) is 0 Å². The fraction of sp³-hybridized carbons (Fsp3) is 0.0244. The van der Waals surface area contributed by atoms with E-state index in [-0.39, 0.29) is 10.8 Å². The Balaban J connectivity index is 1.36. The summed E-state index contributed by atoms with van der Waals surface area (Å²) < 4.78 is 80.0. The third kappa shape index (κ3) is 4.17. The third-order valence-electron chi connectivity index (χ3n) is 9.52. The van der Waals surface area contributed by atoms with Crippen molar-refractivity contribution in [2.45, 2.75) is 11.8 Å². The van der Waals surface area contributed by atoms with Crippen molar-refractivity contribution in [3.05, 3.63) is 139 Å². The standard InChI is InChI=1S/C41H25F5OS/c1-24-26-11-2-4-13-28(26)38(29-14-5-3-12-27(24)29)25-21-22-37-36(23-25)32-19-10-20-35(40(32)47-37)39-30-15-6-8-17-33(30)41(48(42,43,44,45)46)34-18-9-7-16-31(34)39/h2-23H,1H3. The van der Waals surface area contributed by atoms with E-state index >= 15 is 0 Å². The van der Waals surface area contributed by atoms with Gasteiger partial charge in [0.05, 0.1) is 0 Å². The zero-order valence-corrected chi connectivity index (χ0v) is 26.2. The third-order valence-corrected chi connectivity index (χ3v) is 10.7. The smallest absolute Gasteiger partial charge is 0.311 e. The lowest BCUT2D eigenvalue weighted by Gasteiger charge is -2.42. The molecule has 0 bridgehead atoms. The molecule has 7 heteroatoms. The zero-order valence-electron chi connectivity index (χ0n) is 25.4. The van der Waals surface area contributed by atoms with Gasteiger partial charge < -0.3 is 4.42 Å². The average molecular weight is 661 g/mol. The number of aryl methyl sites for hydroxylation is 1. The summed E-state index contributed by atoms with van der Waals surface area (Å²) in [5, 5.41) is 5.27. The molecule has 0 saturated heterocycles.